The molecule has 28 heavy (non-hydrogen) atoms. The van der Waals surface area contributed by atoms with Crippen molar-refractivity contribution < 1.29 is 9.18 Å². The largest absolute Gasteiger partial charge is 0.339 e. The molecule has 3 nitrogen and oxygen atoms in total. The number of nitrogens with zero attached hydrogens (tertiary/aromatic N) is 1. The molecule has 5 heteroatoms. The minimum Gasteiger partial charge on any atom is -0.339 e. The molecule has 0 radical (unpaired) electrons. The molecular weight excluding hydrogens is 375 g/mol. The fourth-order valence-corrected chi connectivity index (χ4v) is 4.38. The maximum absolute atomic E-state index is 14.8. The Balaban J connectivity index is 0.00000225. The summed E-state index contributed by atoms with van der Waals surface area (Å²) in [6.45, 7) is 7.65. The van der Waals surface area contributed by atoms with E-state index in [4.69, 9.17) is 0 Å². The molecular formula is C23H28ClFN2O. The van der Waals surface area contributed by atoms with Gasteiger partial charge in [-0.05, 0) is 86.0 Å². The van der Waals surface area contributed by atoms with Crippen molar-refractivity contribution in [2.45, 2.75) is 26.7 Å². The molecule has 2 aromatic carbocycles. The maximum Gasteiger partial charge on any atom is 0.256 e. The van der Waals surface area contributed by atoms with Gasteiger partial charge >= 0.3 is 0 Å². The summed E-state index contributed by atoms with van der Waals surface area (Å²) < 4.78 is 14.8. The molecule has 2 aliphatic heterocycles. The lowest BCUT2D eigenvalue weighted by molar-refractivity contribution is 0.0754. The summed E-state index contributed by atoms with van der Waals surface area (Å²) in [7, 11) is 0. The standard InChI is InChI=1S/C23H27FN2O.ClH/c1-15-3-4-17(11-16(15)2)18-5-6-21(22(24)12-18)23(27)26-9-7-19-13-25-14-20(19)8-10-26;/h3-6,11-12,19-20,25H,7-10,13-14H2,1-2H3;1H/t19-,20+;. The number of rotatable bonds is 2. The molecule has 0 aromatic heterocycles. The molecule has 4 rings (SSSR count). The molecule has 0 spiro atoms. The van der Waals surface area contributed by atoms with Crippen molar-refractivity contribution in [3.63, 3.8) is 0 Å². The van der Waals surface area contributed by atoms with Crippen molar-refractivity contribution in [2.75, 3.05) is 26.2 Å². The van der Waals surface area contributed by atoms with Gasteiger partial charge in [0.15, 0.2) is 0 Å². The highest BCUT2D eigenvalue weighted by Gasteiger charge is 2.32. The van der Waals surface area contributed by atoms with E-state index in [9.17, 15) is 9.18 Å². The Morgan fingerprint density at radius 2 is 1.57 bits per heavy atom. The summed E-state index contributed by atoms with van der Waals surface area (Å²) in [6.07, 6.45) is 2.01. The molecule has 1 N–H and O–H groups in total. The Labute approximate surface area is 172 Å². The van der Waals surface area contributed by atoms with E-state index < -0.39 is 5.82 Å². The van der Waals surface area contributed by atoms with Gasteiger partial charge in [0.25, 0.3) is 5.91 Å². The number of hydrogen-bond donors (Lipinski definition) is 1. The third-order valence-electron chi connectivity index (χ3n) is 6.35. The topological polar surface area (TPSA) is 32.3 Å². The number of likely N-dealkylation sites (tertiary alicyclic amines) is 1. The van der Waals surface area contributed by atoms with Crippen LogP contribution >= 0.6 is 12.4 Å². The van der Waals surface area contributed by atoms with E-state index in [0.717, 1.165) is 50.1 Å². The first-order chi connectivity index (χ1) is 13.0. The molecule has 1 amide bonds. The molecule has 0 bridgehead atoms. The van der Waals surface area contributed by atoms with Crippen molar-refractivity contribution in [3.05, 3.63) is 58.9 Å². The summed E-state index contributed by atoms with van der Waals surface area (Å²) in [5.74, 6) is 0.702. The second-order valence-corrected chi connectivity index (χ2v) is 8.04. The lowest BCUT2D eigenvalue weighted by atomic mass is 9.92. The summed E-state index contributed by atoms with van der Waals surface area (Å²) in [5, 5.41) is 3.44. The number of benzene rings is 2. The molecule has 2 aromatic rings. The third kappa shape index (κ3) is 4.08. The fourth-order valence-electron chi connectivity index (χ4n) is 4.38. The second kappa shape index (κ2) is 8.62. The van der Waals surface area contributed by atoms with E-state index in [-0.39, 0.29) is 23.9 Å². The summed E-state index contributed by atoms with van der Waals surface area (Å²) in [6, 6.07) is 11.1. The highest BCUT2D eigenvalue weighted by atomic mass is 35.5. The fraction of sp³-hybridized carbons (Fsp3) is 0.435. The van der Waals surface area contributed by atoms with Crippen LogP contribution in [-0.4, -0.2) is 37.0 Å². The number of carbonyl (C=O) groups is 1. The first-order valence-corrected chi connectivity index (χ1v) is 9.90. The number of amides is 1. The predicted octanol–water partition coefficient (Wildman–Crippen LogP) is 4.60. The van der Waals surface area contributed by atoms with Crippen molar-refractivity contribution in [1.82, 2.24) is 10.2 Å². The minimum atomic E-state index is -0.429. The number of nitrogens with one attached hydrogen (secondary N) is 1. The Morgan fingerprint density at radius 3 is 2.18 bits per heavy atom. The normalized spacial score (nSPS) is 21.6. The molecule has 2 aliphatic rings. The summed E-state index contributed by atoms with van der Waals surface area (Å²) >= 11 is 0. The molecule has 2 saturated heterocycles. The highest BCUT2D eigenvalue weighted by molar-refractivity contribution is 5.95. The zero-order chi connectivity index (χ0) is 19.0. The van der Waals surface area contributed by atoms with Crippen molar-refractivity contribution in [1.29, 1.82) is 0 Å². The summed E-state index contributed by atoms with van der Waals surface area (Å²) in [5.41, 5.74) is 4.37. The molecule has 150 valence electrons. The van der Waals surface area contributed by atoms with Crippen LogP contribution in [0.1, 0.15) is 34.3 Å². The number of carbonyl (C=O) groups excluding carboxylic acids is 1. The van der Waals surface area contributed by atoms with Gasteiger partial charge in [0.1, 0.15) is 5.82 Å². The lowest BCUT2D eigenvalue weighted by Gasteiger charge is -2.21. The van der Waals surface area contributed by atoms with Gasteiger partial charge in [-0.2, -0.15) is 0 Å². The van der Waals surface area contributed by atoms with E-state index in [1.807, 2.05) is 23.1 Å². The first kappa shape index (κ1) is 20.8. The molecule has 2 fully saturated rings. The van der Waals surface area contributed by atoms with Crippen LogP contribution in [0.15, 0.2) is 36.4 Å². The zero-order valence-electron chi connectivity index (χ0n) is 16.5. The van der Waals surface area contributed by atoms with E-state index in [1.165, 1.54) is 17.2 Å². The Morgan fingerprint density at radius 1 is 0.964 bits per heavy atom. The van der Waals surface area contributed by atoms with Crippen LogP contribution in [0.3, 0.4) is 0 Å². The van der Waals surface area contributed by atoms with Crippen molar-refractivity contribution in [2.24, 2.45) is 11.8 Å². The molecule has 0 unspecified atom stereocenters. The van der Waals surface area contributed by atoms with Gasteiger partial charge in [-0.3, -0.25) is 4.79 Å². The Bertz CT molecular complexity index is 856. The number of halogens is 2. The van der Waals surface area contributed by atoms with E-state index in [0.29, 0.717) is 11.8 Å². The van der Waals surface area contributed by atoms with Crippen molar-refractivity contribution >= 4 is 18.3 Å². The van der Waals surface area contributed by atoms with Gasteiger partial charge in [-0.25, -0.2) is 4.39 Å². The third-order valence-corrected chi connectivity index (χ3v) is 6.35. The van der Waals surface area contributed by atoms with E-state index in [1.54, 1.807) is 6.07 Å². The van der Waals surface area contributed by atoms with Crippen LogP contribution in [0.4, 0.5) is 4.39 Å². The smallest absolute Gasteiger partial charge is 0.256 e. The minimum absolute atomic E-state index is 0. The number of fused-ring (bicyclic) bond motifs is 1. The molecule has 2 atom stereocenters. The van der Waals surface area contributed by atoms with Crippen molar-refractivity contribution in [3.8, 4) is 11.1 Å². The second-order valence-electron chi connectivity index (χ2n) is 8.04. The van der Waals surface area contributed by atoms with E-state index in [2.05, 4.69) is 25.2 Å². The van der Waals surface area contributed by atoms with Gasteiger partial charge in [0.2, 0.25) is 0 Å². The Kier molecular flexibility index (Phi) is 6.41. The summed E-state index contributed by atoms with van der Waals surface area (Å²) in [4.78, 5) is 14.7. The first-order valence-electron chi connectivity index (χ1n) is 9.90. The van der Waals surface area contributed by atoms with Crippen LogP contribution in [0.5, 0.6) is 0 Å². The van der Waals surface area contributed by atoms with Gasteiger partial charge in [-0.1, -0.05) is 24.3 Å². The maximum atomic E-state index is 14.8. The number of hydrogen-bond acceptors (Lipinski definition) is 2. The quantitative estimate of drug-likeness (QED) is 0.795. The highest BCUT2D eigenvalue weighted by Crippen LogP contribution is 2.29. The molecule has 2 heterocycles. The monoisotopic (exact) mass is 402 g/mol. The van der Waals surface area contributed by atoms with Crippen LogP contribution in [-0.2, 0) is 0 Å². The van der Waals surface area contributed by atoms with Gasteiger partial charge < -0.3 is 10.2 Å². The zero-order valence-corrected chi connectivity index (χ0v) is 17.3. The number of aryl methyl sites for hydroxylation is 2. The van der Waals surface area contributed by atoms with Gasteiger partial charge in [0.05, 0.1) is 5.56 Å². The SMILES string of the molecule is Cc1ccc(-c2ccc(C(=O)N3CC[C@@H]4CNC[C@@H]4CC3)c(F)c2)cc1C.Cl. The lowest BCUT2D eigenvalue weighted by Crippen LogP contribution is -2.33. The van der Waals surface area contributed by atoms with Crippen LogP contribution in [0, 0.1) is 31.5 Å². The van der Waals surface area contributed by atoms with Crippen LogP contribution < -0.4 is 5.32 Å². The Hall–Kier alpha value is -1.91. The van der Waals surface area contributed by atoms with E-state index >= 15 is 0 Å². The molecule has 0 aliphatic carbocycles. The predicted molar refractivity (Wildman–Crippen MR) is 114 cm³/mol. The van der Waals surface area contributed by atoms with Crippen LogP contribution in [0.25, 0.3) is 11.1 Å². The van der Waals surface area contributed by atoms with Gasteiger partial charge in [-0.15, -0.1) is 12.4 Å². The average molecular weight is 403 g/mol. The van der Waals surface area contributed by atoms with Gasteiger partial charge in [0, 0.05) is 13.1 Å². The van der Waals surface area contributed by atoms with Crippen LogP contribution in [0.2, 0.25) is 0 Å². The molecule has 0 saturated carbocycles. The average Bonchev–Trinajstić information content (AvgIpc) is 3.01.